The topological polar surface area (TPSA) is 77.2 Å². The van der Waals surface area contributed by atoms with Crippen LogP contribution in [0.1, 0.15) is 50.3 Å². The number of benzene rings is 1. The van der Waals surface area contributed by atoms with E-state index in [9.17, 15) is 4.79 Å². The molecule has 7 heteroatoms. The second kappa shape index (κ2) is 8.24. The lowest BCUT2D eigenvalue weighted by Gasteiger charge is -2.36. The van der Waals surface area contributed by atoms with Gasteiger partial charge in [-0.25, -0.2) is 0 Å². The van der Waals surface area contributed by atoms with Crippen molar-refractivity contribution in [3.63, 3.8) is 0 Å². The number of aromatic nitrogens is 3. The van der Waals surface area contributed by atoms with Crippen LogP contribution in [0.4, 0.5) is 5.69 Å². The number of anilines is 1. The highest BCUT2D eigenvalue weighted by Gasteiger charge is 2.45. The molecule has 1 unspecified atom stereocenters. The van der Waals surface area contributed by atoms with Gasteiger partial charge in [-0.2, -0.15) is 5.10 Å². The number of amides is 1. The Balaban J connectivity index is 1.22. The first-order chi connectivity index (χ1) is 16.5. The second-order valence-corrected chi connectivity index (χ2v) is 10.7. The Labute approximate surface area is 200 Å². The number of aromatic amines is 2. The molecule has 3 aliphatic rings. The van der Waals surface area contributed by atoms with Crippen molar-refractivity contribution >= 4 is 22.5 Å². The number of likely N-dealkylation sites (N-methyl/N-ethyl adjacent to an activating group) is 1. The van der Waals surface area contributed by atoms with Crippen molar-refractivity contribution in [3.8, 4) is 11.4 Å². The SMILES string of the molecule is CO[C@@H]1CCCN(C(C)C(=O)N(C)c2ccc3cc(-c4n[nH]c5c4CCC4(CC4)C5)[nH]c3c2)C1. The van der Waals surface area contributed by atoms with Gasteiger partial charge in [0.1, 0.15) is 5.69 Å². The summed E-state index contributed by atoms with van der Waals surface area (Å²) in [6.45, 7) is 3.76. The van der Waals surface area contributed by atoms with E-state index < -0.39 is 0 Å². The molecule has 1 spiro atoms. The molecule has 1 aliphatic heterocycles. The lowest BCUT2D eigenvalue weighted by Crippen LogP contribution is -2.51. The molecule has 7 nitrogen and oxygen atoms in total. The predicted octanol–water partition coefficient (Wildman–Crippen LogP) is 4.29. The monoisotopic (exact) mass is 461 g/mol. The van der Waals surface area contributed by atoms with Crippen molar-refractivity contribution in [2.45, 2.75) is 64.0 Å². The van der Waals surface area contributed by atoms with Gasteiger partial charge in [0.05, 0.1) is 17.8 Å². The zero-order valence-electron chi connectivity index (χ0n) is 20.5. The summed E-state index contributed by atoms with van der Waals surface area (Å²) in [6.07, 6.45) is 8.61. The highest BCUT2D eigenvalue weighted by Crippen LogP contribution is 2.55. The van der Waals surface area contributed by atoms with Gasteiger partial charge in [0.25, 0.3) is 0 Å². The number of hydrogen-bond acceptors (Lipinski definition) is 4. The fourth-order valence-electron chi connectivity index (χ4n) is 6.02. The van der Waals surface area contributed by atoms with Crippen molar-refractivity contribution in [2.24, 2.45) is 5.41 Å². The van der Waals surface area contributed by atoms with Crippen LogP contribution in [-0.2, 0) is 22.4 Å². The van der Waals surface area contributed by atoms with Gasteiger partial charge in [0.15, 0.2) is 0 Å². The molecule has 1 saturated carbocycles. The number of likely N-dealkylation sites (tertiary alicyclic amines) is 1. The third-order valence-electron chi connectivity index (χ3n) is 8.59. The number of fused-ring (bicyclic) bond motifs is 2. The van der Waals surface area contributed by atoms with E-state index in [0.717, 1.165) is 66.8 Å². The largest absolute Gasteiger partial charge is 0.380 e. The normalized spacial score (nSPS) is 22.6. The Hall–Kier alpha value is -2.64. The molecule has 180 valence electrons. The van der Waals surface area contributed by atoms with Gasteiger partial charge in [0.2, 0.25) is 5.91 Å². The highest BCUT2D eigenvalue weighted by atomic mass is 16.5. The molecule has 1 saturated heterocycles. The number of nitrogens with zero attached hydrogens (tertiary/aromatic N) is 3. The average molecular weight is 462 g/mol. The van der Waals surface area contributed by atoms with Crippen molar-refractivity contribution in [2.75, 3.05) is 32.1 Å². The van der Waals surface area contributed by atoms with Crippen LogP contribution in [0.15, 0.2) is 24.3 Å². The summed E-state index contributed by atoms with van der Waals surface area (Å²) in [5, 5.41) is 9.15. The first-order valence-corrected chi connectivity index (χ1v) is 12.7. The number of rotatable bonds is 5. The maximum atomic E-state index is 13.3. The minimum absolute atomic E-state index is 0.109. The van der Waals surface area contributed by atoms with Gasteiger partial charge < -0.3 is 14.6 Å². The molecule has 2 atom stereocenters. The summed E-state index contributed by atoms with van der Waals surface area (Å²) in [4.78, 5) is 20.9. The number of H-pyrrole nitrogens is 2. The molecular formula is C27H35N5O2. The predicted molar refractivity (Wildman–Crippen MR) is 134 cm³/mol. The van der Waals surface area contributed by atoms with Crippen LogP contribution in [0, 0.1) is 5.41 Å². The van der Waals surface area contributed by atoms with Gasteiger partial charge in [-0.05, 0) is 82.0 Å². The number of hydrogen-bond donors (Lipinski definition) is 2. The lowest BCUT2D eigenvalue weighted by atomic mass is 9.84. The Morgan fingerprint density at radius 3 is 2.94 bits per heavy atom. The third-order valence-corrected chi connectivity index (χ3v) is 8.59. The number of carbonyl (C=O) groups is 1. The molecule has 2 N–H and O–H groups in total. The minimum atomic E-state index is -0.178. The Bertz CT molecular complexity index is 1220. The van der Waals surface area contributed by atoms with E-state index in [4.69, 9.17) is 9.84 Å². The van der Waals surface area contributed by atoms with Crippen molar-refractivity contribution in [1.82, 2.24) is 20.1 Å². The summed E-state index contributed by atoms with van der Waals surface area (Å²) < 4.78 is 5.55. The zero-order chi connectivity index (χ0) is 23.4. The van der Waals surface area contributed by atoms with Gasteiger partial charge in [-0.1, -0.05) is 6.07 Å². The second-order valence-electron chi connectivity index (χ2n) is 10.7. The average Bonchev–Trinajstić information content (AvgIpc) is 3.28. The van der Waals surface area contributed by atoms with E-state index in [-0.39, 0.29) is 18.1 Å². The number of nitrogens with one attached hydrogen (secondary N) is 2. The third kappa shape index (κ3) is 3.75. The Morgan fingerprint density at radius 1 is 1.29 bits per heavy atom. The van der Waals surface area contributed by atoms with E-state index in [2.05, 4.69) is 33.2 Å². The maximum Gasteiger partial charge on any atom is 0.243 e. The molecule has 1 amide bonds. The van der Waals surface area contributed by atoms with Crippen LogP contribution in [-0.4, -0.2) is 65.4 Å². The molecule has 2 aromatic heterocycles. The van der Waals surface area contributed by atoms with Crippen LogP contribution in [0.25, 0.3) is 22.3 Å². The first kappa shape index (κ1) is 21.9. The number of carbonyl (C=O) groups excluding carboxylic acids is 1. The summed E-state index contributed by atoms with van der Waals surface area (Å²) in [7, 11) is 3.63. The fraction of sp³-hybridized carbons (Fsp3) is 0.556. The molecule has 3 heterocycles. The van der Waals surface area contributed by atoms with Crippen LogP contribution in [0.2, 0.25) is 0 Å². The van der Waals surface area contributed by atoms with E-state index in [0.29, 0.717) is 5.41 Å². The van der Waals surface area contributed by atoms with Gasteiger partial charge in [0, 0.05) is 48.5 Å². The molecule has 2 fully saturated rings. The van der Waals surface area contributed by atoms with Crippen molar-refractivity contribution in [1.29, 1.82) is 0 Å². The summed E-state index contributed by atoms with van der Waals surface area (Å²) in [6, 6.07) is 8.22. The molecule has 6 rings (SSSR count). The van der Waals surface area contributed by atoms with Crippen LogP contribution in [0.5, 0.6) is 0 Å². The Morgan fingerprint density at radius 2 is 2.15 bits per heavy atom. The summed E-state index contributed by atoms with van der Waals surface area (Å²) >= 11 is 0. The molecular weight excluding hydrogens is 426 g/mol. The molecule has 0 bridgehead atoms. The van der Waals surface area contributed by atoms with E-state index >= 15 is 0 Å². The zero-order valence-corrected chi connectivity index (χ0v) is 20.5. The quantitative estimate of drug-likeness (QED) is 0.594. The van der Waals surface area contributed by atoms with E-state index in [1.807, 2.05) is 20.0 Å². The highest BCUT2D eigenvalue weighted by molar-refractivity contribution is 5.98. The number of ether oxygens (including phenoxy) is 1. The van der Waals surface area contributed by atoms with Crippen LogP contribution < -0.4 is 4.90 Å². The Kier molecular flexibility index (Phi) is 5.30. The van der Waals surface area contributed by atoms with E-state index in [1.54, 1.807) is 12.0 Å². The molecule has 3 aromatic rings. The standard InChI is InChI=1S/C27H35N5O2/c1-17(32-12-4-5-20(16-32)34-3)26(33)31(2)19-7-6-18-13-23(28-22(18)14-19)25-21-8-9-27(10-11-27)15-24(21)29-30-25/h6-7,13-14,17,20,28H,4-5,8-12,15-16H2,1-3H3,(H,29,30)/t17?,20-/m1/s1. The first-order valence-electron chi connectivity index (χ1n) is 12.7. The minimum Gasteiger partial charge on any atom is -0.380 e. The molecule has 2 aliphatic carbocycles. The van der Waals surface area contributed by atoms with Crippen LogP contribution in [0.3, 0.4) is 0 Å². The van der Waals surface area contributed by atoms with Gasteiger partial charge >= 0.3 is 0 Å². The summed E-state index contributed by atoms with van der Waals surface area (Å²) in [5.41, 5.74) is 7.31. The van der Waals surface area contributed by atoms with Crippen molar-refractivity contribution < 1.29 is 9.53 Å². The smallest absolute Gasteiger partial charge is 0.243 e. The van der Waals surface area contributed by atoms with E-state index in [1.165, 1.54) is 30.5 Å². The summed E-state index contributed by atoms with van der Waals surface area (Å²) in [5.74, 6) is 0.109. The van der Waals surface area contributed by atoms with Crippen molar-refractivity contribution in [3.05, 3.63) is 35.5 Å². The van der Waals surface area contributed by atoms with Crippen LogP contribution >= 0.6 is 0 Å². The maximum absolute atomic E-state index is 13.3. The fourth-order valence-corrected chi connectivity index (χ4v) is 6.02. The van der Waals surface area contributed by atoms with Gasteiger partial charge in [-0.3, -0.25) is 14.8 Å². The molecule has 0 radical (unpaired) electrons. The van der Waals surface area contributed by atoms with Gasteiger partial charge in [-0.15, -0.1) is 0 Å². The number of piperidine rings is 1. The lowest BCUT2D eigenvalue weighted by molar-refractivity contribution is -0.124. The number of methoxy groups -OCH3 is 1. The molecule has 1 aromatic carbocycles. The molecule has 34 heavy (non-hydrogen) atoms.